The first-order valence-electron chi connectivity index (χ1n) is 12.4. The molecule has 3 aromatic rings. The second kappa shape index (κ2) is 9.41. The molecule has 3 atom stereocenters. The Morgan fingerprint density at radius 3 is 2.74 bits per heavy atom. The topological polar surface area (TPSA) is 102 Å². The van der Waals surface area contributed by atoms with Gasteiger partial charge in [-0.05, 0) is 56.4 Å². The van der Waals surface area contributed by atoms with E-state index in [-0.39, 0.29) is 23.1 Å². The summed E-state index contributed by atoms with van der Waals surface area (Å²) < 4.78 is 29.3. The number of carbonyl (C=O) groups is 1. The van der Waals surface area contributed by atoms with Crippen LogP contribution in [0.2, 0.25) is 0 Å². The predicted octanol–water partition coefficient (Wildman–Crippen LogP) is 3.52. The van der Waals surface area contributed by atoms with Crippen LogP contribution in [0.15, 0.2) is 59.6 Å². The van der Waals surface area contributed by atoms with E-state index in [0.717, 1.165) is 47.7 Å². The molecule has 1 aromatic heterocycles. The molecule has 7 nitrogen and oxygen atoms in total. The average Bonchev–Trinajstić information content (AvgIpc) is 3.25. The van der Waals surface area contributed by atoms with E-state index in [2.05, 4.69) is 9.71 Å². The van der Waals surface area contributed by atoms with Gasteiger partial charge in [0.25, 0.3) is 0 Å². The van der Waals surface area contributed by atoms with Gasteiger partial charge in [-0.3, -0.25) is 4.79 Å². The summed E-state index contributed by atoms with van der Waals surface area (Å²) in [6, 6.07) is 13.5. The molecule has 1 aliphatic heterocycles. The fourth-order valence-electron chi connectivity index (χ4n) is 5.66. The van der Waals surface area contributed by atoms with E-state index < -0.39 is 21.7 Å². The van der Waals surface area contributed by atoms with Crippen LogP contribution in [0.3, 0.4) is 0 Å². The summed E-state index contributed by atoms with van der Waals surface area (Å²) in [6.07, 6.45) is 6.35. The Labute approximate surface area is 206 Å². The van der Waals surface area contributed by atoms with Crippen molar-refractivity contribution < 1.29 is 18.3 Å². The molecule has 0 radical (unpaired) electrons. The van der Waals surface area contributed by atoms with Crippen LogP contribution in [0.4, 0.5) is 0 Å². The Morgan fingerprint density at radius 1 is 1.17 bits per heavy atom. The van der Waals surface area contributed by atoms with Crippen LogP contribution in [-0.4, -0.2) is 54.0 Å². The van der Waals surface area contributed by atoms with E-state index >= 15 is 0 Å². The van der Waals surface area contributed by atoms with Gasteiger partial charge < -0.3 is 15.0 Å². The lowest BCUT2D eigenvalue weighted by Crippen LogP contribution is -2.58. The van der Waals surface area contributed by atoms with E-state index in [9.17, 15) is 18.3 Å². The van der Waals surface area contributed by atoms with Crippen LogP contribution >= 0.6 is 0 Å². The Bertz CT molecular complexity index is 1320. The number of carbonyl (C=O) groups excluding carboxylic acids is 1. The van der Waals surface area contributed by atoms with Gasteiger partial charge in [0.05, 0.1) is 10.5 Å². The van der Waals surface area contributed by atoms with Gasteiger partial charge >= 0.3 is 0 Å². The fraction of sp³-hybridized carbons (Fsp3) is 0.444. The smallest absolute Gasteiger partial charge is 0.241 e. The van der Waals surface area contributed by atoms with Crippen LogP contribution in [-0.2, 0) is 21.2 Å². The monoisotopic (exact) mass is 495 g/mol. The summed E-state index contributed by atoms with van der Waals surface area (Å²) in [5, 5.41) is 12.0. The first-order chi connectivity index (χ1) is 16.7. The number of likely N-dealkylation sites (tertiary alicyclic amines) is 1. The standard InChI is InChI=1S/C27H33N3O4S/c1-19-9-11-22(12-10-19)35(33,34)29-25(16-20-17-28-24-8-3-2-7-23(20)24)26(31)30-15-14-27(32)13-5-4-6-21(27)18-30/h2-3,7-12,17,21,25,28-29,32H,4-6,13-16,18H2,1H3/t21-,25?,27-/m0/s1. The zero-order valence-electron chi connectivity index (χ0n) is 20.0. The fourth-order valence-corrected chi connectivity index (χ4v) is 6.85. The second-order valence-corrected chi connectivity index (χ2v) is 11.8. The van der Waals surface area contributed by atoms with Crippen molar-refractivity contribution in [2.45, 2.75) is 62.0 Å². The van der Waals surface area contributed by atoms with Crippen molar-refractivity contribution >= 4 is 26.8 Å². The maximum absolute atomic E-state index is 13.8. The third kappa shape index (κ3) is 4.87. The molecule has 5 rings (SSSR count). The Hall–Kier alpha value is -2.68. The molecule has 1 aliphatic carbocycles. The van der Waals surface area contributed by atoms with Crippen LogP contribution in [0.5, 0.6) is 0 Å². The molecule has 1 saturated carbocycles. The number of H-pyrrole nitrogens is 1. The lowest BCUT2D eigenvalue weighted by atomic mass is 9.71. The normalized spacial score (nSPS) is 23.7. The maximum Gasteiger partial charge on any atom is 0.241 e. The van der Waals surface area contributed by atoms with Crippen molar-refractivity contribution in [3.63, 3.8) is 0 Å². The minimum absolute atomic E-state index is 0.0383. The third-order valence-electron chi connectivity index (χ3n) is 7.77. The molecule has 0 spiro atoms. The average molecular weight is 496 g/mol. The third-order valence-corrected chi connectivity index (χ3v) is 9.25. The summed E-state index contributed by atoms with van der Waals surface area (Å²) in [5.74, 6) is -0.199. The van der Waals surface area contributed by atoms with Crippen molar-refractivity contribution in [1.29, 1.82) is 0 Å². The summed E-state index contributed by atoms with van der Waals surface area (Å²) in [5.41, 5.74) is 2.09. The van der Waals surface area contributed by atoms with Crippen molar-refractivity contribution in [1.82, 2.24) is 14.6 Å². The summed E-state index contributed by atoms with van der Waals surface area (Å²) in [6.45, 7) is 2.80. The van der Waals surface area contributed by atoms with Gasteiger partial charge in [-0.1, -0.05) is 48.7 Å². The highest BCUT2D eigenvalue weighted by atomic mass is 32.2. The van der Waals surface area contributed by atoms with E-state index in [1.807, 2.05) is 37.4 Å². The van der Waals surface area contributed by atoms with Crippen molar-refractivity contribution in [2.75, 3.05) is 13.1 Å². The Morgan fingerprint density at radius 2 is 1.94 bits per heavy atom. The molecule has 186 valence electrons. The number of amides is 1. The van der Waals surface area contributed by atoms with Gasteiger partial charge in [0.2, 0.25) is 15.9 Å². The van der Waals surface area contributed by atoms with Gasteiger partial charge in [-0.25, -0.2) is 8.42 Å². The number of aryl methyl sites for hydroxylation is 1. The molecule has 2 fully saturated rings. The highest BCUT2D eigenvalue weighted by Crippen LogP contribution is 2.40. The lowest BCUT2D eigenvalue weighted by Gasteiger charge is -2.48. The molecule has 2 aromatic carbocycles. The quantitative estimate of drug-likeness (QED) is 0.487. The maximum atomic E-state index is 13.8. The van der Waals surface area contributed by atoms with E-state index in [1.165, 1.54) is 0 Å². The summed E-state index contributed by atoms with van der Waals surface area (Å²) in [4.78, 5) is 18.9. The van der Waals surface area contributed by atoms with Gasteiger partial charge in [-0.15, -0.1) is 0 Å². The summed E-state index contributed by atoms with van der Waals surface area (Å²) >= 11 is 0. The number of fused-ring (bicyclic) bond motifs is 2. The SMILES string of the molecule is Cc1ccc(S(=O)(=O)NC(Cc2c[nH]c3ccccc23)C(=O)N2CC[C@@]3(O)CCCC[C@H]3C2)cc1. The second-order valence-electron chi connectivity index (χ2n) is 10.1. The Balaban J connectivity index is 1.43. The van der Waals surface area contributed by atoms with Gasteiger partial charge in [0, 0.05) is 36.1 Å². The number of sulfonamides is 1. The number of aliphatic hydroxyl groups is 1. The number of rotatable bonds is 6. The summed E-state index contributed by atoms with van der Waals surface area (Å²) in [7, 11) is -3.91. The molecule has 35 heavy (non-hydrogen) atoms. The van der Waals surface area contributed by atoms with Crippen molar-refractivity contribution in [3.05, 3.63) is 65.9 Å². The van der Waals surface area contributed by atoms with Gasteiger partial charge in [-0.2, -0.15) is 4.72 Å². The number of nitrogens with zero attached hydrogens (tertiary/aromatic N) is 1. The number of aromatic nitrogens is 1. The minimum Gasteiger partial charge on any atom is -0.389 e. The number of para-hydroxylation sites is 1. The lowest BCUT2D eigenvalue weighted by molar-refractivity contribution is -0.145. The number of aromatic amines is 1. The number of nitrogens with one attached hydrogen (secondary N) is 2. The molecule has 1 saturated heterocycles. The van der Waals surface area contributed by atoms with E-state index in [0.29, 0.717) is 19.5 Å². The molecule has 0 bridgehead atoms. The molecule has 3 N–H and O–H groups in total. The van der Waals surface area contributed by atoms with Crippen LogP contribution in [0.1, 0.15) is 43.2 Å². The zero-order chi connectivity index (χ0) is 24.6. The molecule has 1 unspecified atom stereocenters. The number of hydrogen-bond acceptors (Lipinski definition) is 4. The van der Waals surface area contributed by atoms with E-state index in [1.54, 1.807) is 29.2 Å². The van der Waals surface area contributed by atoms with Crippen LogP contribution in [0.25, 0.3) is 10.9 Å². The highest BCUT2D eigenvalue weighted by Gasteiger charge is 2.45. The first-order valence-corrected chi connectivity index (χ1v) is 13.9. The molecular weight excluding hydrogens is 462 g/mol. The molecule has 2 heterocycles. The number of benzene rings is 2. The molecule has 2 aliphatic rings. The largest absolute Gasteiger partial charge is 0.389 e. The number of piperidine rings is 1. The van der Waals surface area contributed by atoms with Crippen molar-refractivity contribution in [2.24, 2.45) is 5.92 Å². The van der Waals surface area contributed by atoms with Crippen LogP contribution < -0.4 is 4.72 Å². The minimum atomic E-state index is -3.91. The van der Waals surface area contributed by atoms with Gasteiger partial charge in [0.15, 0.2) is 0 Å². The molecular formula is C27H33N3O4S. The zero-order valence-corrected chi connectivity index (χ0v) is 20.9. The highest BCUT2D eigenvalue weighted by molar-refractivity contribution is 7.89. The number of hydrogen-bond donors (Lipinski definition) is 3. The first kappa shape index (κ1) is 24.0. The molecule has 8 heteroatoms. The van der Waals surface area contributed by atoms with Crippen molar-refractivity contribution in [3.8, 4) is 0 Å². The van der Waals surface area contributed by atoms with Crippen LogP contribution in [0, 0.1) is 12.8 Å². The van der Waals surface area contributed by atoms with E-state index in [4.69, 9.17) is 0 Å². The predicted molar refractivity (Wildman–Crippen MR) is 135 cm³/mol. The van der Waals surface area contributed by atoms with Gasteiger partial charge in [0.1, 0.15) is 6.04 Å². The molecule has 1 amide bonds. The Kier molecular flexibility index (Phi) is 6.46.